The fraction of sp³-hybridized carbons (Fsp3) is 0.818. The lowest BCUT2D eigenvalue weighted by Crippen LogP contribution is -2.09. The largest absolute Gasteiger partial charge is 0.300 e. The SMILES string of the molecule is CC(=O)CCC(=O)CCC(C)(C)C. The minimum Gasteiger partial charge on any atom is -0.300 e. The number of rotatable bonds is 5. The van der Waals surface area contributed by atoms with Gasteiger partial charge >= 0.3 is 0 Å². The third-order valence-corrected chi connectivity index (χ3v) is 1.91. The Morgan fingerprint density at radius 1 is 1.00 bits per heavy atom. The molecule has 0 spiro atoms. The summed E-state index contributed by atoms with van der Waals surface area (Å²) in [5.41, 5.74) is 0.214. The van der Waals surface area contributed by atoms with E-state index in [1.54, 1.807) is 0 Å². The third-order valence-electron chi connectivity index (χ3n) is 1.91. The Morgan fingerprint density at radius 3 is 1.92 bits per heavy atom. The highest BCUT2D eigenvalue weighted by Crippen LogP contribution is 2.21. The average Bonchev–Trinajstić information content (AvgIpc) is 1.95. The van der Waals surface area contributed by atoms with E-state index in [1.807, 2.05) is 0 Å². The van der Waals surface area contributed by atoms with Gasteiger partial charge in [-0.2, -0.15) is 0 Å². The van der Waals surface area contributed by atoms with Crippen molar-refractivity contribution in [3.8, 4) is 0 Å². The molecular weight excluding hydrogens is 164 g/mol. The van der Waals surface area contributed by atoms with E-state index >= 15 is 0 Å². The lowest BCUT2D eigenvalue weighted by Gasteiger charge is -2.16. The van der Waals surface area contributed by atoms with E-state index in [9.17, 15) is 9.59 Å². The summed E-state index contributed by atoms with van der Waals surface area (Å²) >= 11 is 0. The molecule has 0 saturated heterocycles. The maximum absolute atomic E-state index is 11.2. The summed E-state index contributed by atoms with van der Waals surface area (Å²) in [7, 11) is 0. The van der Waals surface area contributed by atoms with Crippen LogP contribution in [-0.4, -0.2) is 11.6 Å². The molecular formula is C11H20O2. The molecule has 0 heterocycles. The van der Waals surface area contributed by atoms with Crippen LogP contribution in [0.4, 0.5) is 0 Å². The Balaban J connectivity index is 3.58. The van der Waals surface area contributed by atoms with Crippen LogP contribution in [0.1, 0.15) is 53.4 Å². The van der Waals surface area contributed by atoms with Crippen LogP contribution in [0.5, 0.6) is 0 Å². The van der Waals surface area contributed by atoms with Gasteiger partial charge in [-0.3, -0.25) is 4.79 Å². The first-order valence-corrected chi connectivity index (χ1v) is 4.82. The molecule has 2 nitrogen and oxygen atoms in total. The van der Waals surface area contributed by atoms with E-state index < -0.39 is 0 Å². The topological polar surface area (TPSA) is 34.1 Å². The standard InChI is InChI=1S/C11H20O2/c1-9(12)5-6-10(13)7-8-11(2,3)4/h5-8H2,1-4H3. The highest BCUT2D eigenvalue weighted by atomic mass is 16.1. The Hall–Kier alpha value is -0.660. The Labute approximate surface area is 80.7 Å². The summed E-state index contributed by atoms with van der Waals surface area (Å²) in [6.07, 6.45) is 2.34. The van der Waals surface area contributed by atoms with Crippen LogP contribution < -0.4 is 0 Å². The molecule has 0 amide bonds. The second-order valence-electron chi connectivity index (χ2n) is 4.80. The van der Waals surface area contributed by atoms with Gasteiger partial charge in [0.25, 0.3) is 0 Å². The van der Waals surface area contributed by atoms with Crippen molar-refractivity contribution in [2.45, 2.75) is 53.4 Å². The van der Waals surface area contributed by atoms with Crippen LogP contribution in [0.25, 0.3) is 0 Å². The zero-order valence-electron chi connectivity index (χ0n) is 9.14. The molecule has 0 radical (unpaired) electrons. The number of ketones is 2. The van der Waals surface area contributed by atoms with Crippen LogP contribution in [0.3, 0.4) is 0 Å². The molecule has 0 aromatic heterocycles. The number of hydrogen-bond donors (Lipinski definition) is 0. The van der Waals surface area contributed by atoms with Crippen molar-refractivity contribution in [1.29, 1.82) is 0 Å². The molecule has 0 bridgehead atoms. The van der Waals surface area contributed by atoms with E-state index in [-0.39, 0.29) is 17.0 Å². The fourth-order valence-corrected chi connectivity index (χ4v) is 0.955. The molecule has 0 unspecified atom stereocenters. The van der Waals surface area contributed by atoms with Crippen molar-refractivity contribution in [3.63, 3.8) is 0 Å². The first kappa shape index (κ1) is 12.3. The predicted molar refractivity (Wildman–Crippen MR) is 53.6 cm³/mol. The van der Waals surface area contributed by atoms with Gasteiger partial charge in [0.1, 0.15) is 11.6 Å². The Kier molecular flexibility index (Phi) is 4.89. The van der Waals surface area contributed by atoms with Gasteiger partial charge in [0.05, 0.1) is 0 Å². The summed E-state index contributed by atoms with van der Waals surface area (Å²) < 4.78 is 0. The van der Waals surface area contributed by atoms with E-state index in [4.69, 9.17) is 0 Å². The van der Waals surface area contributed by atoms with Crippen molar-refractivity contribution in [2.24, 2.45) is 5.41 Å². The van der Waals surface area contributed by atoms with E-state index in [2.05, 4.69) is 20.8 Å². The van der Waals surface area contributed by atoms with E-state index in [0.29, 0.717) is 19.3 Å². The molecule has 13 heavy (non-hydrogen) atoms. The first-order chi connectivity index (χ1) is 5.81. The molecule has 0 aromatic rings. The molecule has 0 fully saturated rings. The van der Waals surface area contributed by atoms with E-state index in [0.717, 1.165) is 6.42 Å². The molecule has 0 rings (SSSR count). The molecule has 0 aliphatic rings. The zero-order chi connectivity index (χ0) is 10.5. The number of carbonyl (C=O) groups is 2. The van der Waals surface area contributed by atoms with E-state index in [1.165, 1.54) is 6.92 Å². The van der Waals surface area contributed by atoms with Gasteiger partial charge in [0.15, 0.2) is 0 Å². The molecule has 2 heteroatoms. The molecule has 0 aliphatic heterocycles. The fourth-order valence-electron chi connectivity index (χ4n) is 0.955. The number of carbonyl (C=O) groups excluding carboxylic acids is 2. The number of hydrogen-bond acceptors (Lipinski definition) is 2. The molecule has 0 aromatic carbocycles. The maximum Gasteiger partial charge on any atom is 0.133 e. The van der Waals surface area contributed by atoms with Gasteiger partial charge in [-0.25, -0.2) is 0 Å². The first-order valence-electron chi connectivity index (χ1n) is 4.82. The Morgan fingerprint density at radius 2 is 1.54 bits per heavy atom. The van der Waals surface area contributed by atoms with Crippen molar-refractivity contribution >= 4 is 11.6 Å². The maximum atomic E-state index is 11.2. The minimum absolute atomic E-state index is 0.101. The van der Waals surface area contributed by atoms with Gasteiger partial charge in [-0.05, 0) is 18.8 Å². The summed E-state index contributed by atoms with van der Waals surface area (Å²) in [6.45, 7) is 7.87. The number of Topliss-reactive ketones (excluding diaryl/α,β-unsaturated/α-hetero) is 2. The van der Waals surface area contributed by atoms with Crippen molar-refractivity contribution in [2.75, 3.05) is 0 Å². The lowest BCUT2D eigenvalue weighted by atomic mass is 9.89. The highest BCUT2D eigenvalue weighted by Gasteiger charge is 2.12. The third kappa shape index (κ3) is 9.25. The van der Waals surface area contributed by atoms with Gasteiger partial charge in [-0.1, -0.05) is 20.8 Å². The molecule has 0 aliphatic carbocycles. The summed E-state index contributed by atoms with van der Waals surface area (Å²) in [6, 6.07) is 0. The minimum atomic E-state index is 0.101. The van der Waals surface area contributed by atoms with Crippen LogP contribution in [0.2, 0.25) is 0 Å². The second-order valence-corrected chi connectivity index (χ2v) is 4.80. The van der Waals surface area contributed by atoms with Crippen molar-refractivity contribution in [3.05, 3.63) is 0 Å². The molecule has 76 valence electrons. The molecule has 0 N–H and O–H groups in total. The highest BCUT2D eigenvalue weighted by molar-refractivity contribution is 5.84. The summed E-state index contributed by atoms with van der Waals surface area (Å²) in [5.74, 6) is 0.314. The molecule has 0 atom stereocenters. The van der Waals surface area contributed by atoms with Gasteiger partial charge in [0, 0.05) is 19.3 Å². The monoisotopic (exact) mass is 184 g/mol. The average molecular weight is 184 g/mol. The van der Waals surface area contributed by atoms with Crippen molar-refractivity contribution < 1.29 is 9.59 Å². The predicted octanol–water partition coefficient (Wildman–Crippen LogP) is 2.75. The zero-order valence-corrected chi connectivity index (χ0v) is 9.14. The van der Waals surface area contributed by atoms with Crippen LogP contribution in [0.15, 0.2) is 0 Å². The smallest absolute Gasteiger partial charge is 0.133 e. The Bertz CT molecular complexity index is 187. The second kappa shape index (κ2) is 5.15. The lowest BCUT2D eigenvalue weighted by molar-refractivity contribution is -0.123. The van der Waals surface area contributed by atoms with Gasteiger partial charge in [0.2, 0.25) is 0 Å². The van der Waals surface area contributed by atoms with Gasteiger partial charge in [-0.15, -0.1) is 0 Å². The molecule has 0 saturated carbocycles. The van der Waals surface area contributed by atoms with Crippen LogP contribution in [-0.2, 0) is 9.59 Å². The van der Waals surface area contributed by atoms with Crippen molar-refractivity contribution in [1.82, 2.24) is 0 Å². The summed E-state index contributed by atoms with van der Waals surface area (Å²) in [5, 5.41) is 0. The van der Waals surface area contributed by atoms with Crippen LogP contribution in [0, 0.1) is 5.41 Å². The van der Waals surface area contributed by atoms with Crippen LogP contribution >= 0.6 is 0 Å². The van der Waals surface area contributed by atoms with Gasteiger partial charge < -0.3 is 4.79 Å². The quantitative estimate of drug-likeness (QED) is 0.658. The normalized spacial score (nSPS) is 11.4. The summed E-state index contributed by atoms with van der Waals surface area (Å²) in [4.78, 5) is 21.8.